The van der Waals surface area contributed by atoms with Crippen LogP contribution in [0, 0.1) is 0 Å². The van der Waals surface area contributed by atoms with Gasteiger partial charge in [-0.3, -0.25) is 4.79 Å². The summed E-state index contributed by atoms with van der Waals surface area (Å²) in [5, 5.41) is 3.14. The van der Waals surface area contributed by atoms with Crippen LogP contribution in [0.5, 0.6) is 0 Å². The van der Waals surface area contributed by atoms with Gasteiger partial charge in [0, 0.05) is 11.6 Å². The molecule has 0 atom stereocenters. The second-order valence-corrected chi connectivity index (χ2v) is 3.88. The smallest absolute Gasteiger partial charge is 0.310 e. The van der Waals surface area contributed by atoms with Crippen LogP contribution in [0.4, 0.5) is 0 Å². The van der Waals surface area contributed by atoms with Crippen molar-refractivity contribution in [2.45, 2.75) is 13.3 Å². The number of aromatic nitrogens is 1. The highest BCUT2D eigenvalue weighted by molar-refractivity contribution is 7.16. The minimum absolute atomic E-state index is 0.167. The molecule has 14 heavy (non-hydrogen) atoms. The number of fused-ring (bicyclic) bond motifs is 1. The molecule has 0 saturated carbocycles. The van der Waals surface area contributed by atoms with E-state index in [9.17, 15) is 4.79 Å². The first kappa shape index (κ1) is 9.27. The Hall–Kier alpha value is -1.29. The van der Waals surface area contributed by atoms with Crippen LogP contribution < -0.4 is 0 Å². The van der Waals surface area contributed by atoms with E-state index in [1.54, 1.807) is 11.3 Å². The van der Waals surface area contributed by atoms with Gasteiger partial charge < -0.3 is 9.72 Å². The molecule has 0 bridgehead atoms. The summed E-state index contributed by atoms with van der Waals surface area (Å²) in [5.74, 6) is -0.167. The number of nitrogens with one attached hydrogen (secondary N) is 1. The van der Waals surface area contributed by atoms with Crippen LogP contribution in [0.3, 0.4) is 0 Å². The Balaban J connectivity index is 2.18. The lowest BCUT2D eigenvalue weighted by Crippen LogP contribution is -2.06. The molecule has 3 nitrogen and oxygen atoms in total. The minimum Gasteiger partial charge on any atom is -0.466 e. The summed E-state index contributed by atoms with van der Waals surface area (Å²) in [5.41, 5.74) is 1.01. The maximum Gasteiger partial charge on any atom is 0.310 e. The molecule has 1 N–H and O–H groups in total. The highest BCUT2D eigenvalue weighted by Gasteiger charge is 2.09. The highest BCUT2D eigenvalue weighted by Crippen LogP contribution is 2.23. The largest absolute Gasteiger partial charge is 0.466 e. The Bertz CT molecular complexity index is 444. The first-order valence-electron chi connectivity index (χ1n) is 4.50. The zero-order chi connectivity index (χ0) is 9.97. The van der Waals surface area contributed by atoms with Gasteiger partial charge in [0.1, 0.15) is 0 Å². The van der Waals surface area contributed by atoms with E-state index < -0.39 is 0 Å². The number of hydrogen-bond acceptors (Lipinski definition) is 3. The number of carbonyl (C=O) groups excluding carboxylic acids is 1. The zero-order valence-corrected chi connectivity index (χ0v) is 8.69. The number of aromatic amines is 1. The molecule has 0 radical (unpaired) electrons. The predicted molar refractivity (Wildman–Crippen MR) is 56.5 cm³/mol. The summed E-state index contributed by atoms with van der Waals surface area (Å²) in [6.45, 7) is 2.26. The molecule has 0 fully saturated rings. The summed E-state index contributed by atoms with van der Waals surface area (Å²) in [4.78, 5) is 15.5. The molecular formula is C10H11NO2S. The molecule has 0 spiro atoms. The van der Waals surface area contributed by atoms with Gasteiger partial charge in [0.25, 0.3) is 0 Å². The van der Waals surface area contributed by atoms with Crippen LogP contribution in [-0.2, 0) is 16.0 Å². The van der Waals surface area contributed by atoms with Gasteiger partial charge >= 0.3 is 5.97 Å². The number of esters is 1. The molecule has 0 aliphatic rings. The quantitative estimate of drug-likeness (QED) is 0.788. The number of thiophene rings is 1. The monoisotopic (exact) mass is 209 g/mol. The lowest BCUT2D eigenvalue weighted by atomic mass is 10.2. The van der Waals surface area contributed by atoms with E-state index in [4.69, 9.17) is 4.74 Å². The van der Waals surface area contributed by atoms with Gasteiger partial charge in [0.05, 0.1) is 17.9 Å². The molecule has 2 heterocycles. The van der Waals surface area contributed by atoms with E-state index >= 15 is 0 Å². The maximum atomic E-state index is 11.2. The third kappa shape index (κ3) is 1.65. The van der Waals surface area contributed by atoms with Crippen molar-refractivity contribution in [1.29, 1.82) is 0 Å². The summed E-state index contributed by atoms with van der Waals surface area (Å²) < 4.78 is 4.89. The number of ether oxygens (including phenoxy) is 1. The molecule has 0 aliphatic heterocycles. The maximum absolute atomic E-state index is 11.2. The van der Waals surface area contributed by atoms with E-state index in [0.29, 0.717) is 13.0 Å². The molecule has 2 aromatic rings. The Kier molecular flexibility index (Phi) is 2.54. The molecule has 0 aromatic carbocycles. The topological polar surface area (TPSA) is 42.1 Å². The number of hydrogen-bond donors (Lipinski definition) is 1. The lowest BCUT2D eigenvalue weighted by molar-refractivity contribution is -0.142. The third-order valence-corrected chi connectivity index (χ3v) is 2.87. The van der Waals surface area contributed by atoms with E-state index in [1.165, 1.54) is 0 Å². The van der Waals surface area contributed by atoms with Crippen molar-refractivity contribution in [3.05, 3.63) is 23.2 Å². The van der Waals surface area contributed by atoms with E-state index in [-0.39, 0.29) is 5.97 Å². The molecule has 4 heteroatoms. The van der Waals surface area contributed by atoms with Crippen molar-refractivity contribution in [3.63, 3.8) is 0 Å². The SMILES string of the molecule is CCOC(=O)Cc1c[nH]c2sccc12. The Morgan fingerprint density at radius 1 is 1.64 bits per heavy atom. The fourth-order valence-electron chi connectivity index (χ4n) is 1.42. The first-order chi connectivity index (χ1) is 6.81. The molecule has 0 amide bonds. The molecular weight excluding hydrogens is 198 g/mol. The minimum atomic E-state index is -0.167. The number of carbonyl (C=O) groups is 1. The number of H-pyrrole nitrogens is 1. The second kappa shape index (κ2) is 3.84. The van der Waals surface area contributed by atoms with Crippen LogP contribution in [0.2, 0.25) is 0 Å². The first-order valence-corrected chi connectivity index (χ1v) is 5.38. The third-order valence-electron chi connectivity index (χ3n) is 2.03. The normalized spacial score (nSPS) is 10.6. The molecule has 0 aliphatic carbocycles. The van der Waals surface area contributed by atoms with Crippen LogP contribution in [0.1, 0.15) is 12.5 Å². The van der Waals surface area contributed by atoms with Gasteiger partial charge in [0.15, 0.2) is 0 Å². The Labute approximate surface area is 85.7 Å². The van der Waals surface area contributed by atoms with Crippen molar-refractivity contribution >= 4 is 27.5 Å². The molecule has 74 valence electrons. The van der Waals surface area contributed by atoms with Crippen molar-refractivity contribution in [3.8, 4) is 0 Å². The van der Waals surface area contributed by atoms with Crippen molar-refractivity contribution in [2.24, 2.45) is 0 Å². The summed E-state index contributed by atoms with van der Waals surface area (Å²) >= 11 is 1.64. The van der Waals surface area contributed by atoms with Crippen molar-refractivity contribution < 1.29 is 9.53 Å². The van der Waals surface area contributed by atoms with E-state index in [1.807, 2.05) is 24.6 Å². The van der Waals surface area contributed by atoms with Gasteiger partial charge in [-0.15, -0.1) is 11.3 Å². The Morgan fingerprint density at radius 2 is 2.50 bits per heavy atom. The van der Waals surface area contributed by atoms with Crippen LogP contribution >= 0.6 is 11.3 Å². The summed E-state index contributed by atoms with van der Waals surface area (Å²) in [6, 6.07) is 2.02. The molecule has 2 rings (SSSR count). The lowest BCUT2D eigenvalue weighted by Gasteiger charge is -1.99. The molecule has 0 saturated heterocycles. The van der Waals surface area contributed by atoms with Gasteiger partial charge in [-0.25, -0.2) is 0 Å². The van der Waals surface area contributed by atoms with Crippen LogP contribution in [0.15, 0.2) is 17.6 Å². The van der Waals surface area contributed by atoms with Gasteiger partial charge in [0.2, 0.25) is 0 Å². The predicted octanol–water partition coefficient (Wildman–Crippen LogP) is 2.34. The fourth-order valence-corrected chi connectivity index (χ4v) is 2.21. The van der Waals surface area contributed by atoms with Crippen LogP contribution in [0.25, 0.3) is 10.2 Å². The molecule has 2 aromatic heterocycles. The van der Waals surface area contributed by atoms with Gasteiger partial charge in [-0.2, -0.15) is 0 Å². The average molecular weight is 209 g/mol. The van der Waals surface area contributed by atoms with Crippen LogP contribution in [-0.4, -0.2) is 17.6 Å². The second-order valence-electron chi connectivity index (χ2n) is 2.96. The summed E-state index contributed by atoms with van der Waals surface area (Å²) in [7, 11) is 0. The van der Waals surface area contributed by atoms with Gasteiger partial charge in [-0.1, -0.05) is 0 Å². The van der Waals surface area contributed by atoms with Crippen molar-refractivity contribution in [2.75, 3.05) is 6.61 Å². The average Bonchev–Trinajstić information content (AvgIpc) is 2.70. The molecule has 0 unspecified atom stereocenters. The highest BCUT2D eigenvalue weighted by atomic mass is 32.1. The van der Waals surface area contributed by atoms with Crippen molar-refractivity contribution in [1.82, 2.24) is 4.98 Å². The standard InChI is InChI=1S/C10H11NO2S/c1-2-13-9(12)5-7-6-11-10-8(7)3-4-14-10/h3-4,6,11H,2,5H2,1H3. The Morgan fingerprint density at radius 3 is 3.29 bits per heavy atom. The number of rotatable bonds is 3. The zero-order valence-electron chi connectivity index (χ0n) is 7.87. The van der Waals surface area contributed by atoms with E-state index in [2.05, 4.69) is 4.98 Å². The van der Waals surface area contributed by atoms with E-state index in [0.717, 1.165) is 15.8 Å². The summed E-state index contributed by atoms with van der Waals surface area (Å²) in [6.07, 6.45) is 2.22. The van der Waals surface area contributed by atoms with Gasteiger partial charge in [-0.05, 0) is 23.9 Å². The fraction of sp³-hybridized carbons (Fsp3) is 0.300.